The topological polar surface area (TPSA) is 43.2 Å². The fourth-order valence-electron chi connectivity index (χ4n) is 5.38. The molecule has 0 radical (unpaired) electrons. The van der Waals surface area contributed by atoms with Gasteiger partial charge in [-0.3, -0.25) is 0 Å². The molecule has 0 aromatic heterocycles. The fourth-order valence-corrected chi connectivity index (χ4v) is 5.38. The number of alkyl halides is 1. The van der Waals surface area contributed by atoms with Crippen LogP contribution in [0.4, 0.5) is 15.8 Å². The molecule has 0 bridgehead atoms. The fraction of sp³-hybridized carbons (Fsp3) is 0.514. The molecule has 4 nitrogen and oxygen atoms in total. The van der Waals surface area contributed by atoms with Gasteiger partial charge in [0.25, 0.3) is 0 Å². The van der Waals surface area contributed by atoms with Crippen LogP contribution in [-0.2, 0) is 19.5 Å². The smallest absolute Gasteiger partial charge is 0.122 e. The summed E-state index contributed by atoms with van der Waals surface area (Å²) < 4.78 is 25.4. The summed E-state index contributed by atoms with van der Waals surface area (Å²) in [5.74, 6) is 1.93. The van der Waals surface area contributed by atoms with E-state index in [0.29, 0.717) is 17.2 Å². The number of hydrogen-bond acceptors (Lipinski definition) is 4. The van der Waals surface area contributed by atoms with Crippen molar-refractivity contribution < 1.29 is 13.9 Å². The molecule has 0 aliphatic carbocycles. The van der Waals surface area contributed by atoms with Gasteiger partial charge in [-0.05, 0) is 101 Å². The Morgan fingerprint density at radius 3 is 2.00 bits per heavy atom. The van der Waals surface area contributed by atoms with Gasteiger partial charge in [-0.1, -0.05) is 85.6 Å². The molecule has 0 amide bonds. The van der Waals surface area contributed by atoms with Crippen molar-refractivity contribution in [2.24, 2.45) is 10.2 Å². The molecule has 42 heavy (non-hydrogen) atoms. The summed E-state index contributed by atoms with van der Waals surface area (Å²) in [6.07, 6.45) is 11.9. The number of aryl methyl sites for hydroxylation is 2. The molecule has 5 heteroatoms. The number of nitrogens with zero attached hydrogens (tertiary/aromatic N) is 2. The highest BCUT2D eigenvalue weighted by Gasteiger charge is 2.14. The lowest BCUT2D eigenvalue weighted by Gasteiger charge is -2.15. The third kappa shape index (κ3) is 9.40. The van der Waals surface area contributed by atoms with Crippen molar-refractivity contribution in [3.63, 3.8) is 0 Å². The lowest BCUT2D eigenvalue weighted by molar-refractivity contribution is 0.300. The summed E-state index contributed by atoms with van der Waals surface area (Å²) in [5, 5.41) is 9.45. The molecule has 0 heterocycles. The maximum atomic E-state index is 13.9. The molecule has 0 aliphatic heterocycles. The second kappa shape index (κ2) is 17.7. The molecule has 228 valence electrons. The molecule has 3 aromatic rings. The first-order chi connectivity index (χ1) is 20.4. The highest BCUT2D eigenvalue weighted by molar-refractivity contribution is 5.73. The zero-order valence-electron chi connectivity index (χ0n) is 26.8. The van der Waals surface area contributed by atoms with E-state index < -0.39 is 6.67 Å². The Morgan fingerprint density at radius 1 is 0.738 bits per heavy atom. The van der Waals surface area contributed by atoms with Crippen molar-refractivity contribution >= 4 is 11.4 Å². The number of methoxy groups -OCH3 is 1. The van der Waals surface area contributed by atoms with Crippen molar-refractivity contribution in [1.29, 1.82) is 0 Å². The zero-order valence-corrected chi connectivity index (χ0v) is 26.8. The number of ether oxygens (including phenoxy) is 2. The number of azo groups is 1. The molecule has 0 unspecified atom stereocenters. The van der Waals surface area contributed by atoms with Crippen LogP contribution in [0.1, 0.15) is 114 Å². The number of hydrogen-bond donors (Lipinski definition) is 0. The van der Waals surface area contributed by atoms with Crippen LogP contribution in [-0.4, -0.2) is 13.7 Å². The molecule has 0 spiro atoms. The largest absolute Gasteiger partial charge is 0.497 e. The Balaban J connectivity index is 1.75. The maximum absolute atomic E-state index is 13.9. The minimum absolute atomic E-state index is 0.319. The zero-order chi connectivity index (χ0) is 30.3. The van der Waals surface area contributed by atoms with Crippen molar-refractivity contribution in [2.45, 2.75) is 111 Å². The van der Waals surface area contributed by atoms with E-state index in [0.717, 1.165) is 70.8 Å². The van der Waals surface area contributed by atoms with Gasteiger partial charge in [-0.2, -0.15) is 5.11 Å². The van der Waals surface area contributed by atoms with E-state index in [1.807, 2.05) is 24.3 Å². The Kier molecular flexibility index (Phi) is 14.0. The van der Waals surface area contributed by atoms with Gasteiger partial charge in [0, 0.05) is 0 Å². The first-order valence-corrected chi connectivity index (χ1v) is 16.0. The summed E-state index contributed by atoms with van der Waals surface area (Å²) in [4.78, 5) is 0. The van der Waals surface area contributed by atoms with E-state index in [-0.39, 0.29) is 0 Å². The standard InChI is InChI=1S/C37H51FN2O2/c1-7-10-11-12-13-14-15-16-21-42-36-20-17-32(25-35(36)27(4)5)39-40-37-28(8-2)22-30(23-29(37)9-3)34-19-18-33(41-6)24-31(34)26-38/h17-20,22-25,27H,7-16,21,26H2,1-6H3/b40-39+. The second-order valence-corrected chi connectivity index (χ2v) is 11.4. The van der Waals surface area contributed by atoms with Gasteiger partial charge in [0.15, 0.2) is 0 Å². The van der Waals surface area contributed by atoms with Crippen LogP contribution in [0.3, 0.4) is 0 Å². The van der Waals surface area contributed by atoms with Gasteiger partial charge in [-0.25, -0.2) is 4.39 Å². The summed E-state index contributed by atoms with van der Waals surface area (Å²) in [6.45, 7) is 11.1. The molecule has 3 rings (SSSR count). The van der Waals surface area contributed by atoms with Crippen molar-refractivity contribution in [1.82, 2.24) is 0 Å². The SMILES string of the molecule is CCCCCCCCCCOc1ccc(/N=N/c2c(CC)cc(-c3ccc(OC)cc3CF)cc2CC)cc1C(C)C. The maximum Gasteiger partial charge on any atom is 0.122 e. The molecule has 0 atom stereocenters. The first kappa shape index (κ1) is 33.3. The van der Waals surface area contributed by atoms with E-state index in [2.05, 4.69) is 57.9 Å². The van der Waals surface area contributed by atoms with Crippen LogP contribution in [0.5, 0.6) is 11.5 Å². The van der Waals surface area contributed by atoms with E-state index >= 15 is 0 Å². The van der Waals surface area contributed by atoms with E-state index in [4.69, 9.17) is 14.6 Å². The van der Waals surface area contributed by atoms with Crippen molar-refractivity contribution in [3.8, 4) is 22.6 Å². The van der Waals surface area contributed by atoms with Gasteiger partial charge < -0.3 is 9.47 Å². The Bertz CT molecular complexity index is 1260. The van der Waals surface area contributed by atoms with Crippen molar-refractivity contribution in [3.05, 3.63) is 70.8 Å². The van der Waals surface area contributed by atoms with Crippen LogP contribution >= 0.6 is 0 Å². The van der Waals surface area contributed by atoms with Crippen LogP contribution in [0.15, 0.2) is 58.8 Å². The van der Waals surface area contributed by atoms with Crippen LogP contribution < -0.4 is 9.47 Å². The predicted octanol–water partition coefficient (Wildman–Crippen LogP) is 12.0. The quantitative estimate of drug-likeness (QED) is 0.112. The van der Waals surface area contributed by atoms with E-state index in [1.54, 1.807) is 13.2 Å². The van der Waals surface area contributed by atoms with Crippen molar-refractivity contribution in [2.75, 3.05) is 13.7 Å². The predicted molar refractivity (Wildman–Crippen MR) is 175 cm³/mol. The summed E-state index contributed by atoms with van der Waals surface area (Å²) >= 11 is 0. The summed E-state index contributed by atoms with van der Waals surface area (Å²) in [5.41, 5.74) is 7.59. The minimum Gasteiger partial charge on any atom is -0.497 e. The second-order valence-electron chi connectivity index (χ2n) is 11.4. The van der Waals surface area contributed by atoms with Crippen LogP contribution in [0, 0.1) is 0 Å². The number of rotatable bonds is 18. The van der Waals surface area contributed by atoms with E-state index in [1.165, 1.54) is 44.9 Å². The monoisotopic (exact) mass is 574 g/mol. The summed E-state index contributed by atoms with van der Waals surface area (Å²) in [7, 11) is 1.60. The third-order valence-corrected chi connectivity index (χ3v) is 7.93. The number of unbranched alkanes of at least 4 members (excludes halogenated alkanes) is 7. The third-order valence-electron chi connectivity index (χ3n) is 7.93. The molecule has 0 aliphatic rings. The summed E-state index contributed by atoms with van der Waals surface area (Å²) in [6, 6.07) is 16.0. The van der Waals surface area contributed by atoms with Gasteiger partial charge in [-0.15, -0.1) is 5.11 Å². The first-order valence-electron chi connectivity index (χ1n) is 16.0. The van der Waals surface area contributed by atoms with Crippen LogP contribution in [0.2, 0.25) is 0 Å². The number of benzene rings is 3. The van der Waals surface area contributed by atoms with Gasteiger partial charge in [0.05, 0.1) is 25.1 Å². The Hall–Kier alpha value is -3.21. The highest BCUT2D eigenvalue weighted by Crippen LogP contribution is 2.37. The molecular weight excluding hydrogens is 523 g/mol. The molecule has 3 aromatic carbocycles. The highest BCUT2D eigenvalue weighted by atomic mass is 19.1. The van der Waals surface area contributed by atoms with Gasteiger partial charge >= 0.3 is 0 Å². The van der Waals surface area contributed by atoms with Crippen LogP contribution in [0.25, 0.3) is 11.1 Å². The average molecular weight is 575 g/mol. The minimum atomic E-state index is -0.548. The van der Waals surface area contributed by atoms with E-state index in [9.17, 15) is 4.39 Å². The Labute approximate surface area is 253 Å². The molecule has 0 N–H and O–H groups in total. The van der Waals surface area contributed by atoms with Gasteiger partial charge in [0.1, 0.15) is 18.2 Å². The lowest BCUT2D eigenvalue weighted by Crippen LogP contribution is -2.01. The molecule has 0 saturated carbocycles. The molecule has 0 fully saturated rings. The normalized spacial score (nSPS) is 11.5. The van der Waals surface area contributed by atoms with Gasteiger partial charge in [0.2, 0.25) is 0 Å². The lowest BCUT2D eigenvalue weighted by atomic mass is 9.93. The molecular formula is C37H51FN2O2. The number of halogens is 1. The average Bonchev–Trinajstić information content (AvgIpc) is 3.02. The Morgan fingerprint density at radius 2 is 1.40 bits per heavy atom. The molecule has 0 saturated heterocycles.